The summed E-state index contributed by atoms with van der Waals surface area (Å²) in [7, 11) is 1.33. The molecule has 0 saturated heterocycles. The third kappa shape index (κ3) is 2.07. The number of anilines is 2. The van der Waals surface area contributed by atoms with E-state index in [2.05, 4.69) is 15.0 Å². The number of rotatable bonds is 2. The zero-order valence-electron chi connectivity index (χ0n) is 9.01. The van der Waals surface area contributed by atoms with Gasteiger partial charge in [0.05, 0.1) is 12.8 Å². The largest absolute Gasteiger partial charge is 0.479 e. The number of nitrogen functional groups attached to an aromatic ring is 2. The molecular weight excluding hydrogens is 225 g/mol. The van der Waals surface area contributed by atoms with Crippen molar-refractivity contribution in [2.75, 3.05) is 18.6 Å². The van der Waals surface area contributed by atoms with Crippen LogP contribution in [0.25, 0.3) is 11.3 Å². The molecule has 0 fully saturated rings. The van der Waals surface area contributed by atoms with Gasteiger partial charge in [0.1, 0.15) is 5.82 Å². The lowest BCUT2D eigenvalue weighted by atomic mass is 10.2. The van der Waals surface area contributed by atoms with Gasteiger partial charge in [-0.1, -0.05) is 0 Å². The van der Waals surface area contributed by atoms with Crippen LogP contribution in [-0.2, 0) is 0 Å². The van der Waals surface area contributed by atoms with E-state index in [1.807, 2.05) is 0 Å². The van der Waals surface area contributed by atoms with Crippen molar-refractivity contribution in [3.63, 3.8) is 0 Å². The number of hydrogen-bond acceptors (Lipinski definition) is 6. The first-order chi connectivity index (χ1) is 8.11. The van der Waals surface area contributed by atoms with E-state index in [4.69, 9.17) is 16.2 Å². The lowest BCUT2D eigenvalue weighted by Crippen LogP contribution is -2.02. The summed E-state index contributed by atoms with van der Waals surface area (Å²) >= 11 is 0. The maximum Gasteiger partial charge on any atom is 0.250 e. The Bertz CT molecular complexity index is 540. The summed E-state index contributed by atoms with van der Waals surface area (Å²) < 4.78 is 18.7. The number of ether oxygens (including phenoxy) is 1. The van der Waals surface area contributed by atoms with E-state index in [1.54, 1.807) is 0 Å². The third-order valence-electron chi connectivity index (χ3n) is 2.09. The zero-order chi connectivity index (χ0) is 12.4. The highest BCUT2D eigenvalue weighted by Crippen LogP contribution is 2.26. The summed E-state index contributed by atoms with van der Waals surface area (Å²) in [6.07, 6.45) is 1.41. The van der Waals surface area contributed by atoms with Crippen LogP contribution in [0.1, 0.15) is 0 Å². The topological polar surface area (TPSA) is 99.9 Å². The van der Waals surface area contributed by atoms with E-state index in [0.717, 1.165) is 0 Å². The molecule has 0 saturated carbocycles. The number of nitrogens with zero attached hydrogens (tertiary/aromatic N) is 3. The van der Waals surface area contributed by atoms with Crippen molar-refractivity contribution in [3.05, 3.63) is 24.1 Å². The van der Waals surface area contributed by atoms with Gasteiger partial charge in [-0.25, -0.2) is 14.4 Å². The SMILES string of the molecule is COc1nccc(-c2cc(N)nc(N)n2)c1F. The molecule has 0 amide bonds. The standard InChI is InChI=1S/C10H10FN5O/c1-17-9-8(11)5(2-3-14-9)6-4-7(12)16-10(13)15-6/h2-4H,1H3,(H4,12,13,15,16). The number of hydrogen-bond donors (Lipinski definition) is 2. The Hall–Kier alpha value is -2.44. The second kappa shape index (κ2) is 4.20. The fourth-order valence-electron chi connectivity index (χ4n) is 1.39. The Morgan fingerprint density at radius 1 is 1.29 bits per heavy atom. The Morgan fingerprint density at radius 3 is 2.71 bits per heavy atom. The van der Waals surface area contributed by atoms with Crippen LogP contribution in [0.2, 0.25) is 0 Å². The molecule has 0 aromatic carbocycles. The van der Waals surface area contributed by atoms with Crippen LogP contribution in [0, 0.1) is 5.82 Å². The Morgan fingerprint density at radius 2 is 2.06 bits per heavy atom. The molecular formula is C10H10FN5O. The van der Waals surface area contributed by atoms with E-state index < -0.39 is 5.82 Å². The fraction of sp³-hybridized carbons (Fsp3) is 0.100. The molecule has 6 nitrogen and oxygen atoms in total. The van der Waals surface area contributed by atoms with E-state index >= 15 is 0 Å². The molecule has 0 aliphatic rings. The van der Waals surface area contributed by atoms with Crippen molar-refractivity contribution in [1.29, 1.82) is 0 Å². The predicted molar refractivity (Wildman–Crippen MR) is 60.6 cm³/mol. The molecule has 4 N–H and O–H groups in total. The van der Waals surface area contributed by atoms with Gasteiger partial charge in [0.25, 0.3) is 5.88 Å². The summed E-state index contributed by atoms with van der Waals surface area (Å²) in [4.78, 5) is 11.3. The molecule has 0 aliphatic carbocycles. The number of halogens is 1. The molecule has 2 rings (SSSR count). The number of methoxy groups -OCH3 is 1. The Balaban J connectivity index is 2.60. The van der Waals surface area contributed by atoms with Gasteiger partial charge in [0.2, 0.25) is 5.95 Å². The van der Waals surface area contributed by atoms with Gasteiger partial charge in [-0.3, -0.25) is 0 Å². The average Bonchev–Trinajstić information content (AvgIpc) is 2.28. The summed E-state index contributed by atoms with van der Waals surface area (Å²) in [6, 6.07) is 2.88. The van der Waals surface area contributed by atoms with E-state index in [0.29, 0.717) is 0 Å². The molecule has 2 aromatic rings. The second-order valence-corrected chi connectivity index (χ2v) is 3.22. The highest BCUT2D eigenvalue weighted by Gasteiger charge is 2.13. The molecule has 88 valence electrons. The molecule has 0 spiro atoms. The van der Waals surface area contributed by atoms with E-state index in [1.165, 1.54) is 25.4 Å². The molecule has 0 bridgehead atoms. The van der Waals surface area contributed by atoms with Crippen LogP contribution < -0.4 is 16.2 Å². The molecule has 7 heteroatoms. The number of pyridine rings is 1. The van der Waals surface area contributed by atoms with E-state index in [-0.39, 0.29) is 28.9 Å². The van der Waals surface area contributed by atoms with Crippen molar-refractivity contribution in [1.82, 2.24) is 15.0 Å². The van der Waals surface area contributed by atoms with Gasteiger partial charge in [-0.05, 0) is 6.07 Å². The van der Waals surface area contributed by atoms with Gasteiger partial charge in [-0.15, -0.1) is 0 Å². The van der Waals surface area contributed by atoms with Gasteiger partial charge in [-0.2, -0.15) is 4.98 Å². The lowest BCUT2D eigenvalue weighted by Gasteiger charge is -2.06. The van der Waals surface area contributed by atoms with Gasteiger partial charge < -0.3 is 16.2 Å². The molecule has 0 atom stereocenters. The first-order valence-electron chi connectivity index (χ1n) is 4.70. The summed E-state index contributed by atoms with van der Waals surface area (Å²) in [5.41, 5.74) is 11.5. The van der Waals surface area contributed by atoms with Crippen LogP contribution in [0.3, 0.4) is 0 Å². The highest BCUT2D eigenvalue weighted by molar-refractivity contribution is 5.64. The van der Waals surface area contributed by atoms with Crippen LogP contribution in [0.4, 0.5) is 16.2 Å². The van der Waals surface area contributed by atoms with Crippen LogP contribution in [-0.4, -0.2) is 22.1 Å². The van der Waals surface area contributed by atoms with Crippen LogP contribution in [0.15, 0.2) is 18.3 Å². The predicted octanol–water partition coefficient (Wildman–Crippen LogP) is 0.851. The maximum absolute atomic E-state index is 13.9. The van der Waals surface area contributed by atoms with Crippen molar-refractivity contribution in [2.45, 2.75) is 0 Å². The maximum atomic E-state index is 13.9. The van der Waals surface area contributed by atoms with Crippen LogP contribution >= 0.6 is 0 Å². The second-order valence-electron chi connectivity index (χ2n) is 3.22. The minimum Gasteiger partial charge on any atom is -0.479 e. The summed E-state index contributed by atoms with van der Waals surface area (Å²) in [6.45, 7) is 0. The minimum absolute atomic E-state index is 0.0184. The van der Waals surface area contributed by atoms with Crippen molar-refractivity contribution in [2.24, 2.45) is 0 Å². The van der Waals surface area contributed by atoms with Crippen molar-refractivity contribution >= 4 is 11.8 Å². The molecule has 0 radical (unpaired) electrons. The van der Waals surface area contributed by atoms with Crippen molar-refractivity contribution in [3.8, 4) is 17.1 Å². The van der Waals surface area contributed by atoms with E-state index in [9.17, 15) is 4.39 Å². The third-order valence-corrected chi connectivity index (χ3v) is 2.09. The average molecular weight is 235 g/mol. The monoisotopic (exact) mass is 235 g/mol. The van der Waals surface area contributed by atoms with Gasteiger partial charge in [0, 0.05) is 17.8 Å². The lowest BCUT2D eigenvalue weighted by molar-refractivity contribution is 0.370. The number of nitrogens with two attached hydrogens (primary N) is 2. The normalized spacial score (nSPS) is 10.2. The van der Waals surface area contributed by atoms with Crippen molar-refractivity contribution < 1.29 is 9.13 Å². The molecule has 17 heavy (non-hydrogen) atoms. The zero-order valence-corrected chi connectivity index (χ0v) is 9.01. The van der Waals surface area contributed by atoms with Crippen LogP contribution in [0.5, 0.6) is 5.88 Å². The Labute approximate surface area is 96.5 Å². The molecule has 0 unspecified atom stereocenters. The first kappa shape index (κ1) is 11.1. The fourth-order valence-corrected chi connectivity index (χ4v) is 1.39. The number of aromatic nitrogens is 3. The molecule has 2 aromatic heterocycles. The smallest absolute Gasteiger partial charge is 0.250 e. The van der Waals surface area contributed by atoms with Gasteiger partial charge in [0.15, 0.2) is 5.82 Å². The Kier molecular flexibility index (Phi) is 2.73. The summed E-state index contributed by atoms with van der Waals surface area (Å²) in [5.74, 6) is -0.580. The highest BCUT2D eigenvalue weighted by atomic mass is 19.1. The molecule has 0 aliphatic heterocycles. The quantitative estimate of drug-likeness (QED) is 0.800. The van der Waals surface area contributed by atoms with Gasteiger partial charge >= 0.3 is 0 Å². The first-order valence-corrected chi connectivity index (χ1v) is 4.70. The molecule has 2 heterocycles. The minimum atomic E-state index is -0.618. The summed E-state index contributed by atoms with van der Waals surface area (Å²) in [5, 5.41) is 0.